The van der Waals surface area contributed by atoms with Crippen LogP contribution in [-0.2, 0) is 0 Å². The molecule has 1 rings (SSSR count). The van der Waals surface area contributed by atoms with Crippen molar-refractivity contribution in [3.8, 4) is 0 Å². The number of rotatable bonds is 7. The summed E-state index contributed by atoms with van der Waals surface area (Å²) in [5.74, 6) is 0.872. The summed E-state index contributed by atoms with van der Waals surface area (Å²) in [7, 11) is 0. The summed E-state index contributed by atoms with van der Waals surface area (Å²) in [5, 5.41) is 11.9. The van der Waals surface area contributed by atoms with Gasteiger partial charge in [0.05, 0.1) is 12.3 Å². The molecule has 0 aliphatic carbocycles. The first-order chi connectivity index (χ1) is 6.88. The van der Waals surface area contributed by atoms with E-state index in [0.29, 0.717) is 6.54 Å². The van der Waals surface area contributed by atoms with Gasteiger partial charge in [-0.15, -0.1) is 0 Å². The molecule has 1 aromatic rings. The molecule has 0 fully saturated rings. The van der Waals surface area contributed by atoms with Gasteiger partial charge in [0.25, 0.3) is 0 Å². The van der Waals surface area contributed by atoms with Crippen LogP contribution in [0.15, 0.2) is 22.8 Å². The van der Waals surface area contributed by atoms with Crippen LogP contribution in [0.5, 0.6) is 0 Å². The average Bonchev–Trinajstić information content (AvgIpc) is 2.71. The molecular weight excluding hydrogens is 180 g/mol. The zero-order valence-corrected chi connectivity index (χ0v) is 8.28. The van der Waals surface area contributed by atoms with Crippen molar-refractivity contribution < 1.29 is 9.52 Å². The molecule has 0 aliphatic heterocycles. The highest BCUT2D eigenvalue weighted by molar-refractivity contribution is 5.04. The highest BCUT2D eigenvalue weighted by Gasteiger charge is 2.10. The van der Waals surface area contributed by atoms with Gasteiger partial charge in [-0.1, -0.05) is 0 Å². The van der Waals surface area contributed by atoms with Crippen molar-refractivity contribution in [3.05, 3.63) is 24.2 Å². The van der Waals surface area contributed by atoms with Gasteiger partial charge in [0.15, 0.2) is 0 Å². The van der Waals surface area contributed by atoms with Gasteiger partial charge in [-0.3, -0.25) is 0 Å². The first-order valence-electron chi connectivity index (χ1n) is 4.96. The predicted molar refractivity (Wildman–Crippen MR) is 54.8 cm³/mol. The van der Waals surface area contributed by atoms with E-state index in [1.54, 1.807) is 6.26 Å². The Hall–Kier alpha value is -0.840. The molecule has 0 bridgehead atoms. The van der Waals surface area contributed by atoms with E-state index in [2.05, 4.69) is 5.32 Å². The van der Waals surface area contributed by atoms with Crippen molar-refractivity contribution in [1.82, 2.24) is 5.32 Å². The van der Waals surface area contributed by atoms with Gasteiger partial charge in [0.2, 0.25) is 0 Å². The maximum atomic E-state index is 8.60. The van der Waals surface area contributed by atoms with E-state index in [4.69, 9.17) is 15.3 Å². The van der Waals surface area contributed by atoms with Gasteiger partial charge in [0, 0.05) is 13.2 Å². The lowest BCUT2D eigenvalue weighted by atomic mass is 10.2. The van der Waals surface area contributed by atoms with Crippen LogP contribution in [0.4, 0.5) is 0 Å². The number of aliphatic hydroxyl groups is 1. The monoisotopic (exact) mass is 198 g/mol. The second-order valence-corrected chi connectivity index (χ2v) is 3.19. The Balaban J connectivity index is 2.26. The molecule has 0 radical (unpaired) electrons. The molecule has 4 nitrogen and oxygen atoms in total. The lowest BCUT2D eigenvalue weighted by Crippen LogP contribution is -2.28. The Bertz CT molecular complexity index is 224. The van der Waals surface area contributed by atoms with Gasteiger partial charge in [0.1, 0.15) is 5.76 Å². The van der Waals surface area contributed by atoms with Crippen LogP contribution in [0.1, 0.15) is 24.6 Å². The predicted octanol–water partition coefficient (Wildman–Crippen LogP) is 0.641. The lowest BCUT2D eigenvalue weighted by molar-refractivity contribution is 0.282. The molecular formula is C10H18N2O2. The third kappa shape index (κ3) is 3.49. The van der Waals surface area contributed by atoms with E-state index in [-0.39, 0.29) is 12.6 Å². The minimum atomic E-state index is 0.0868. The van der Waals surface area contributed by atoms with Crippen LogP contribution in [0.2, 0.25) is 0 Å². The summed E-state index contributed by atoms with van der Waals surface area (Å²) in [6.07, 6.45) is 3.42. The summed E-state index contributed by atoms with van der Waals surface area (Å²) in [6.45, 7) is 1.62. The van der Waals surface area contributed by atoms with Crippen molar-refractivity contribution in [2.45, 2.75) is 18.9 Å². The van der Waals surface area contributed by atoms with Crippen LogP contribution >= 0.6 is 0 Å². The van der Waals surface area contributed by atoms with E-state index in [0.717, 1.165) is 25.1 Å². The standard InChI is InChI=1S/C10H18N2O2/c11-8-9(10-4-3-7-14-10)12-5-1-2-6-13/h3-4,7,9,12-13H,1-2,5-6,8,11H2. The molecule has 14 heavy (non-hydrogen) atoms. The Morgan fingerprint density at radius 1 is 1.50 bits per heavy atom. The molecule has 0 amide bonds. The van der Waals surface area contributed by atoms with Gasteiger partial charge in [-0.25, -0.2) is 0 Å². The second kappa shape index (κ2) is 6.59. The number of aliphatic hydroxyl groups excluding tert-OH is 1. The van der Waals surface area contributed by atoms with Crippen molar-refractivity contribution in [2.24, 2.45) is 5.73 Å². The maximum absolute atomic E-state index is 8.60. The fourth-order valence-corrected chi connectivity index (χ4v) is 1.30. The van der Waals surface area contributed by atoms with Gasteiger partial charge in [-0.2, -0.15) is 0 Å². The van der Waals surface area contributed by atoms with Crippen LogP contribution in [-0.4, -0.2) is 24.8 Å². The average molecular weight is 198 g/mol. The molecule has 1 unspecified atom stereocenters. The third-order valence-corrected chi connectivity index (χ3v) is 2.10. The van der Waals surface area contributed by atoms with Crippen LogP contribution in [0.25, 0.3) is 0 Å². The van der Waals surface area contributed by atoms with Crippen molar-refractivity contribution in [3.63, 3.8) is 0 Å². The van der Waals surface area contributed by atoms with Crippen molar-refractivity contribution >= 4 is 0 Å². The van der Waals surface area contributed by atoms with E-state index in [1.165, 1.54) is 0 Å². The first-order valence-corrected chi connectivity index (χ1v) is 4.96. The van der Waals surface area contributed by atoms with E-state index in [9.17, 15) is 0 Å². The molecule has 0 saturated carbocycles. The molecule has 0 saturated heterocycles. The lowest BCUT2D eigenvalue weighted by Gasteiger charge is -2.13. The van der Waals surface area contributed by atoms with E-state index < -0.39 is 0 Å². The SMILES string of the molecule is NCC(NCCCCO)c1ccco1. The number of nitrogens with one attached hydrogen (secondary N) is 1. The molecule has 0 spiro atoms. The molecule has 4 N–H and O–H groups in total. The molecule has 1 aromatic heterocycles. The van der Waals surface area contributed by atoms with Crippen molar-refractivity contribution in [2.75, 3.05) is 19.7 Å². The summed E-state index contributed by atoms with van der Waals surface area (Å²) in [6, 6.07) is 3.85. The topological polar surface area (TPSA) is 71.4 Å². The zero-order valence-electron chi connectivity index (χ0n) is 8.28. The fraction of sp³-hybridized carbons (Fsp3) is 0.600. The zero-order chi connectivity index (χ0) is 10.2. The van der Waals surface area contributed by atoms with Crippen LogP contribution in [0.3, 0.4) is 0 Å². The molecule has 80 valence electrons. The number of unbranched alkanes of at least 4 members (excludes halogenated alkanes) is 1. The second-order valence-electron chi connectivity index (χ2n) is 3.19. The summed E-state index contributed by atoms with van der Waals surface area (Å²) < 4.78 is 5.25. The fourth-order valence-electron chi connectivity index (χ4n) is 1.30. The third-order valence-electron chi connectivity index (χ3n) is 2.10. The normalized spacial score (nSPS) is 13.0. The van der Waals surface area contributed by atoms with E-state index in [1.807, 2.05) is 12.1 Å². The smallest absolute Gasteiger partial charge is 0.121 e. The Morgan fingerprint density at radius 3 is 2.93 bits per heavy atom. The molecule has 1 heterocycles. The molecule has 0 aromatic carbocycles. The quantitative estimate of drug-likeness (QED) is 0.562. The highest BCUT2D eigenvalue weighted by atomic mass is 16.3. The van der Waals surface area contributed by atoms with Gasteiger partial charge >= 0.3 is 0 Å². The largest absolute Gasteiger partial charge is 0.468 e. The van der Waals surface area contributed by atoms with Crippen molar-refractivity contribution in [1.29, 1.82) is 0 Å². The Labute approximate surface area is 84.1 Å². The molecule has 4 heteroatoms. The molecule has 1 atom stereocenters. The summed E-state index contributed by atoms with van der Waals surface area (Å²) >= 11 is 0. The van der Waals surface area contributed by atoms with Gasteiger partial charge < -0.3 is 20.6 Å². The highest BCUT2D eigenvalue weighted by Crippen LogP contribution is 2.11. The van der Waals surface area contributed by atoms with Crippen LogP contribution in [0, 0.1) is 0 Å². The minimum absolute atomic E-state index is 0.0868. The Kier molecular flexibility index (Phi) is 5.29. The van der Waals surface area contributed by atoms with E-state index >= 15 is 0 Å². The molecule has 0 aliphatic rings. The number of hydrogen-bond donors (Lipinski definition) is 3. The number of furan rings is 1. The number of hydrogen-bond acceptors (Lipinski definition) is 4. The minimum Gasteiger partial charge on any atom is -0.468 e. The van der Waals surface area contributed by atoms with Gasteiger partial charge in [-0.05, 0) is 31.5 Å². The first kappa shape index (κ1) is 11.2. The summed E-state index contributed by atoms with van der Waals surface area (Å²) in [4.78, 5) is 0. The Morgan fingerprint density at radius 2 is 2.36 bits per heavy atom. The maximum Gasteiger partial charge on any atom is 0.121 e. The summed E-state index contributed by atoms with van der Waals surface area (Å²) in [5.41, 5.74) is 5.61. The van der Waals surface area contributed by atoms with Crippen LogP contribution < -0.4 is 11.1 Å². The number of nitrogens with two attached hydrogens (primary N) is 1.